The number of benzene rings is 2. The van der Waals surface area contributed by atoms with E-state index in [0.29, 0.717) is 44.3 Å². The van der Waals surface area contributed by atoms with Gasteiger partial charge in [0.25, 0.3) is 0 Å². The average Bonchev–Trinajstić information content (AvgIpc) is 2.75. The number of hydrogen-bond donors (Lipinski definition) is 1. The van der Waals surface area contributed by atoms with Crippen LogP contribution in [0.4, 0.5) is 0 Å². The highest BCUT2D eigenvalue weighted by atomic mass is 79.9. The summed E-state index contributed by atoms with van der Waals surface area (Å²) in [6, 6.07) is 11.2. The second kappa shape index (κ2) is 9.04. The van der Waals surface area contributed by atoms with E-state index in [4.69, 9.17) is 9.47 Å². The van der Waals surface area contributed by atoms with Crippen molar-refractivity contribution < 1.29 is 17.9 Å². The van der Waals surface area contributed by atoms with Crippen LogP contribution in [0.25, 0.3) is 0 Å². The topological polar surface area (TPSA) is 67.9 Å². The minimum atomic E-state index is -3.37. The van der Waals surface area contributed by atoms with E-state index < -0.39 is 10.0 Å². The lowest BCUT2D eigenvalue weighted by Crippen LogP contribution is -2.35. The van der Waals surface area contributed by atoms with Gasteiger partial charge in [-0.15, -0.1) is 0 Å². The number of sulfonamides is 1. The zero-order chi connectivity index (χ0) is 20.3. The molecule has 6 nitrogen and oxygen atoms in total. The van der Waals surface area contributed by atoms with Gasteiger partial charge in [-0.05, 0) is 64.2 Å². The van der Waals surface area contributed by atoms with Gasteiger partial charge in [0.05, 0.1) is 9.37 Å². The van der Waals surface area contributed by atoms with Crippen molar-refractivity contribution in [2.75, 3.05) is 26.3 Å². The van der Waals surface area contributed by atoms with Gasteiger partial charge in [0, 0.05) is 26.2 Å². The Kier molecular flexibility index (Phi) is 6.44. The molecule has 0 aromatic heterocycles. The van der Waals surface area contributed by atoms with Crippen LogP contribution in [0.2, 0.25) is 0 Å². The Morgan fingerprint density at radius 2 is 1.62 bits per heavy atom. The fraction of sp³-hybridized carbons (Fsp3) is 0.429. The number of piperidine rings is 1. The van der Waals surface area contributed by atoms with E-state index in [1.165, 1.54) is 0 Å². The predicted octanol–water partition coefficient (Wildman–Crippen LogP) is 3.68. The van der Waals surface area contributed by atoms with Gasteiger partial charge in [-0.3, -0.25) is 0 Å². The summed E-state index contributed by atoms with van der Waals surface area (Å²) >= 11 is 3.54. The third-order valence-electron chi connectivity index (χ3n) is 5.19. The van der Waals surface area contributed by atoms with Gasteiger partial charge < -0.3 is 14.8 Å². The standard InChI is InChI=1S/C21H25BrN2O4S/c22-19-12-17(13-20-21(19)28-11-10-27-20)15-23-14-16-4-6-18(7-5-16)29(25,26)24-8-2-1-3-9-24/h4-7,12-13,23H,1-3,8-11,14-15H2. The summed E-state index contributed by atoms with van der Waals surface area (Å²) < 4.78 is 39.2. The Balaban J connectivity index is 1.35. The van der Waals surface area contributed by atoms with Gasteiger partial charge in [-0.25, -0.2) is 8.42 Å². The lowest BCUT2D eigenvalue weighted by molar-refractivity contribution is 0.170. The van der Waals surface area contributed by atoms with Crippen molar-refractivity contribution in [2.45, 2.75) is 37.2 Å². The molecule has 0 unspecified atom stereocenters. The number of nitrogens with zero attached hydrogens (tertiary/aromatic N) is 1. The molecule has 2 aromatic rings. The van der Waals surface area contributed by atoms with Crippen LogP contribution < -0.4 is 14.8 Å². The summed E-state index contributed by atoms with van der Waals surface area (Å²) in [5, 5.41) is 3.40. The molecular weight excluding hydrogens is 456 g/mol. The Labute approximate surface area is 180 Å². The van der Waals surface area contributed by atoms with Crippen LogP contribution in [0, 0.1) is 0 Å². The highest BCUT2D eigenvalue weighted by Crippen LogP contribution is 2.38. The molecule has 4 rings (SSSR count). The fourth-order valence-corrected chi connectivity index (χ4v) is 5.77. The summed E-state index contributed by atoms with van der Waals surface area (Å²) in [5.74, 6) is 1.51. The number of fused-ring (bicyclic) bond motifs is 1. The van der Waals surface area contributed by atoms with E-state index >= 15 is 0 Å². The molecule has 0 bridgehead atoms. The minimum Gasteiger partial charge on any atom is -0.486 e. The Hall–Kier alpha value is -1.61. The molecule has 2 heterocycles. The molecule has 0 radical (unpaired) electrons. The molecule has 0 saturated carbocycles. The molecule has 2 aliphatic rings. The van der Waals surface area contributed by atoms with Crippen molar-refractivity contribution in [3.05, 3.63) is 52.0 Å². The van der Waals surface area contributed by atoms with Crippen LogP contribution in [0.5, 0.6) is 11.5 Å². The third kappa shape index (κ3) is 4.77. The van der Waals surface area contributed by atoms with Crippen LogP contribution >= 0.6 is 15.9 Å². The summed E-state index contributed by atoms with van der Waals surface area (Å²) in [4.78, 5) is 0.374. The molecule has 1 N–H and O–H groups in total. The molecule has 2 aliphatic heterocycles. The second-order valence-corrected chi connectivity index (χ2v) is 10.1. The summed E-state index contributed by atoms with van der Waals surface area (Å²) in [7, 11) is -3.37. The predicted molar refractivity (Wildman–Crippen MR) is 115 cm³/mol. The minimum absolute atomic E-state index is 0.374. The van der Waals surface area contributed by atoms with Crippen molar-refractivity contribution in [2.24, 2.45) is 0 Å². The maximum atomic E-state index is 12.7. The molecule has 8 heteroatoms. The first-order valence-electron chi connectivity index (χ1n) is 9.92. The molecule has 0 spiro atoms. The first-order valence-corrected chi connectivity index (χ1v) is 12.2. The van der Waals surface area contributed by atoms with Crippen molar-refractivity contribution >= 4 is 26.0 Å². The molecule has 2 aromatic carbocycles. The molecule has 1 saturated heterocycles. The zero-order valence-electron chi connectivity index (χ0n) is 16.2. The van der Waals surface area contributed by atoms with Crippen LogP contribution in [0.15, 0.2) is 45.8 Å². The molecule has 29 heavy (non-hydrogen) atoms. The number of hydrogen-bond acceptors (Lipinski definition) is 5. The first kappa shape index (κ1) is 20.7. The number of halogens is 1. The van der Waals surface area contributed by atoms with E-state index in [1.807, 2.05) is 24.3 Å². The number of rotatable bonds is 6. The van der Waals surface area contributed by atoms with Crippen LogP contribution in [-0.2, 0) is 23.1 Å². The SMILES string of the molecule is O=S(=O)(c1ccc(CNCc2cc(Br)c3c(c2)OCCO3)cc1)N1CCCCC1. The van der Waals surface area contributed by atoms with Crippen molar-refractivity contribution in [1.29, 1.82) is 0 Å². The van der Waals surface area contributed by atoms with Gasteiger partial charge in [0.2, 0.25) is 10.0 Å². The van der Waals surface area contributed by atoms with Gasteiger partial charge in [-0.1, -0.05) is 18.6 Å². The largest absolute Gasteiger partial charge is 0.486 e. The van der Waals surface area contributed by atoms with E-state index in [9.17, 15) is 8.42 Å². The van der Waals surface area contributed by atoms with Crippen molar-refractivity contribution in [3.8, 4) is 11.5 Å². The zero-order valence-corrected chi connectivity index (χ0v) is 18.6. The molecule has 1 fully saturated rings. The highest BCUT2D eigenvalue weighted by Gasteiger charge is 2.25. The number of nitrogens with one attached hydrogen (secondary N) is 1. The maximum Gasteiger partial charge on any atom is 0.243 e. The van der Waals surface area contributed by atoms with Gasteiger partial charge >= 0.3 is 0 Å². The lowest BCUT2D eigenvalue weighted by Gasteiger charge is -2.25. The molecular formula is C21H25BrN2O4S. The monoisotopic (exact) mass is 480 g/mol. The molecule has 0 atom stereocenters. The Bertz CT molecular complexity index is 957. The molecule has 0 aliphatic carbocycles. The van der Waals surface area contributed by atoms with Crippen molar-refractivity contribution in [3.63, 3.8) is 0 Å². The van der Waals surface area contributed by atoms with E-state index in [0.717, 1.165) is 46.4 Å². The third-order valence-corrected chi connectivity index (χ3v) is 7.69. The Morgan fingerprint density at radius 1 is 0.931 bits per heavy atom. The summed E-state index contributed by atoms with van der Waals surface area (Å²) in [5.41, 5.74) is 2.13. The second-order valence-electron chi connectivity index (χ2n) is 7.31. The van der Waals surface area contributed by atoms with E-state index in [1.54, 1.807) is 16.4 Å². The van der Waals surface area contributed by atoms with Crippen LogP contribution in [0.1, 0.15) is 30.4 Å². The first-order chi connectivity index (χ1) is 14.0. The van der Waals surface area contributed by atoms with Crippen molar-refractivity contribution in [1.82, 2.24) is 9.62 Å². The number of ether oxygens (including phenoxy) is 2. The maximum absolute atomic E-state index is 12.7. The lowest BCUT2D eigenvalue weighted by atomic mass is 10.1. The molecule has 156 valence electrons. The fourth-order valence-electron chi connectivity index (χ4n) is 3.65. The smallest absolute Gasteiger partial charge is 0.243 e. The van der Waals surface area contributed by atoms with Gasteiger partial charge in [0.15, 0.2) is 11.5 Å². The van der Waals surface area contributed by atoms with Crippen LogP contribution in [-0.4, -0.2) is 39.0 Å². The highest BCUT2D eigenvalue weighted by molar-refractivity contribution is 9.10. The normalized spacial score (nSPS) is 17.3. The van der Waals surface area contributed by atoms with E-state index in [-0.39, 0.29) is 0 Å². The summed E-state index contributed by atoms with van der Waals surface area (Å²) in [6.45, 7) is 3.68. The quantitative estimate of drug-likeness (QED) is 0.682. The average molecular weight is 481 g/mol. The van der Waals surface area contributed by atoms with Gasteiger partial charge in [-0.2, -0.15) is 4.31 Å². The summed E-state index contributed by atoms with van der Waals surface area (Å²) in [6.07, 6.45) is 2.99. The van der Waals surface area contributed by atoms with Gasteiger partial charge in [0.1, 0.15) is 13.2 Å². The molecule has 0 amide bonds. The van der Waals surface area contributed by atoms with Crippen LogP contribution in [0.3, 0.4) is 0 Å². The Morgan fingerprint density at radius 3 is 2.38 bits per heavy atom. The van der Waals surface area contributed by atoms with E-state index in [2.05, 4.69) is 21.2 Å².